The van der Waals surface area contributed by atoms with Gasteiger partial charge in [0.2, 0.25) is 0 Å². The molecule has 18 heavy (non-hydrogen) atoms. The van der Waals surface area contributed by atoms with Gasteiger partial charge in [-0.25, -0.2) is 4.79 Å². The van der Waals surface area contributed by atoms with Gasteiger partial charge in [-0.15, -0.1) is 0 Å². The summed E-state index contributed by atoms with van der Waals surface area (Å²) in [5, 5.41) is 63.6. The van der Waals surface area contributed by atoms with Crippen molar-refractivity contribution in [1.29, 1.82) is 0 Å². The maximum absolute atomic E-state index is 10.5. The van der Waals surface area contributed by atoms with Crippen LogP contribution in [-0.4, -0.2) is 78.8 Å². The van der Waals surface area contributed by atoms with E-state index in [0.29, 0.717) is 0 Å². The maximum Gasteiger partial charge on any atom is 0.331 e. The maximum atomic E-state index is 10.5. The lowest BCUT2D eigenvalue weighted by Crippen LogP contribution is -2.49. The van der Waals surface area contributed by atoms with Gasteiger partial charge in [0.05, 0.1) is 6.61 Å². The van der Waals surface area contributed by atoms with Gasteiger partial charge in [0.1, 0.15) is 30.5 Å². The van der Waals surface area contributed by atoms with Gasteiger partial charge < -0.3 is 35.7 Å². The van der Waals surface area contributed by atoms with Gasteiger partial charge in [-0.2, -0.15) is 0 Å². The topological polar surface area (TPSA) is 159 Å². The number of aliphatic hydroxyl groups excluding tert-OH is 6. The van der Waals surface area contributed by atoms with E-state index in [4.69, 9.17) is 15.3 Å². The Bertz CT molecular complexity index is 302. The molecule has 0 radical (unpaired) electrons. The molecule has 0 amide bonds. The third-order valence-electron chi connectivity index (χ3n) is 2.39. The summed E-state index contributed by atoms with van der Waals surface area (Å²) in [6.45, 7) is 0.328. The second kappa shape index (κ2) is 7.41. The number of rotatable bonds is 7. The van der Waals surface area contributed by atoms with Crippen LogP contribution in [0, 0.1) is 0 Å². The summed E-state index contributed by atoms with van der Waals surface area (Å²) >= 11 is 0. The quantitative estimate of drug-likeness (QED) is 0.237. The van der Waals surface area contributed by atoms with Gasteiger partial charge in [0, 0.05) is 5.57 Å². The van der Waals surface area contributed by atoms with Crippen molar-refractivity contribution in [3.8, 4) is 0 Å². The fourth-order valence-electron chi connectivity index (χ4n) is 1.17. The molecule has 0 rings (SSSR count). The monoisotopic (exact) mass is 266 g/mol. The van der Waals surface area contributed by atoms with Crippen molar-refractivity contribution in [1.82, 2.24) is 0 Å². The normalized spacial score (nSPS) is 20.9. The van der Waals surface area contributed by atoms with E-state index in [1.54, 1.807) is 0 Å². The first kappa shape index (κ1) is 17.0. The zero-order valence-electron chi connectivity index (χ0n) is 9.71. The Labute approximate surface area is 103 Å². The highest BCUT2D eigenvalue weighted by Crippen LogP contribution is 2.10. The number of carboxylic acid groups (broad SMARTS) is 1. The zero-order chi connectivity index (χ0) is 14.5. The molecule has 0 fully saturated rings. The number of hydrogen-bond acceptors (Lipinski definition) is 7. The van der Waals surface area contributed by atoms with E-state index < -0.39 is 43.1 Å². The molecule has 0 spiro atoms. The molecule has 8 heteroatoms. The highest BCUT2D eigenvalue weighted by molar-refractivity contribution is 5.85. The van der Waals surface area contributed by atoms with Gasteiger partial charge in [-0.3, -0.25) is 0 Å². The van der Waals surface area contributed by atoms with Crippen molar-refractivity contribution in [3.63, 3.8) is 0 Å². The van der Waals surface area contributed by atoms with Crippen LogP contribution in [-0.2, 0) is 4.79 Å². The zero-order valence-corrected chi connectivity index (χ0v) is 9.71. The summed E-state index contributed by atoms with van der Waals surface area (Å²) in [7, 11) is 0. The van der Waals surface area contributed by atoms with Gasteiger partial charge in [-0.05, 0) is 13.0 Å². The van der Waals surface area contributed by atoms with E-state index in [-0.39, 0.29) is 5.57 Å². The van der Waals surface area contributed by atoms with Crippen LogP contribution in [0.4, 0.5) is 0 Å². The second-order valence-electron chi connectivity index (χ2n) is 3.87. The third kappa shape index (κ3) is 4.69. The lowest BCUT2D eigenvalue weighted by Gasteiger charge is -2.27. The number of aliphatic hydroxyl groups is 6. The molecule has 0 saturated carbocycles. The SMILES string of the molecule is CC(=CC(O)[C@H](O)[C@@H](O)[C@H](O)[C@H](O)CO)C(=O)O. The van der Waals surface area contributed by atoms with Gasteiger partial charge in [-0.1, -0.05) is 0 Å². The minimum Gasteiger partial charge on any atom is -0.478 e. The molecule has 0 aromatic carbocycles. The van der Waals surface area contributed by atoms with Crippen LogP contribution in [0.25, 0.3) is 0 Å². The van der Waals surface area contributed by atoms with Crippen molar-refractivity contribution < 1.29 is 40.5 Å². The predicted octanol–water partition coefficient (Wildman–Crippen LogP) is -3.19. The summed E-state index contributed by atoms with van der Waals surface area (Å²) in [4.78, 5) is 10.5. The molecule has 0 aliphatic heterocycles. The molecule has 7 N–H and O–H groups in total. The van der Waals surface area contributed by atoms with Crippen molar-refractivity contribution >= 4 is 5.97 Å². The Morgan fingerprint density at radius 3 is 1.94 bits per heavy atom. The van der Waals surface area contributed by atoms with E-state index in [0.717, 1.165) is 6.08 Å². The Hall–Kier alpha value is -1.03. The molecule has 0 aromatic heterocycles. The smallest absolute Gasteiger partial charge is 0.331 e. The average Bonchev–Trinajstić information content (AvgIpc) is 2.34. The summed E-state index contributed by atoms with van der Waals surface area (Å²) in [6, 6.07) is 0. The van der Waals surface area contributed by atoms with Gasteiger partial charge >= 0.3 is 5.97 Å². The number of aliphatic carboxylic acids is 1. The molecule has 0 saturated heterocycles. The van der Waals surface area contributed by atoms with Crippen LogP contribution in [0.5, 0.6) is 0 Å². The highest BCUT2D eigenvalue weighted by Gasteiger charge is 2.33. The molecule has 0 aliphatic rings. The van der Waals surface area contributed by atoms with Gasteiger partial charge in [0.25, 0.3) is 0 Å². The lowest BCUT2D eigenvalue weighted by atomic mass is 9.98. The Morgan fingerprint density at radius 2 is 1.56 bits per heavy atom. The van der Waals surface area contributed by atoms with Crippen LogP contribution < -0.4 is 0 Å². The highest BCUT2D eigenvalue weighted by atomic mass is 16.4. The molecule has 5 atom stereocenters. The third-order valence-corrected chi connectivity index (χ3v) is 2.39. The fourth-order valence-corrected chi connectivity index (χ4v) is 1.17. The first-order valence-corrected chi connectivity index (χ1v) is 5.15. The van der Waals surface area contributed by atoms with Crippen LogP contribution in [0.2, 0.25) is 0 Å². The van der Waals surface area contributed by atoms with Crippen molar-refractivity contribution in [2.75, 3.05) is 6.61 Å². The molecule has 0 aliphatic carbocycles. The minimum absolute atomic E-state index is 0.258. The lowest BCUT2D eigenvalue weighted by molar-refractivity contribution is -0.135. The number of hydrogen-bond donors (Lipinski definition) is 7. The standard InChI is InChI=1S/C10H18O8/c1-4(10(17)18)2-5(12)7(14)9(16)8(15)6(13)3-11/h2,5-9,11-16H,3H2,1H3,(H,17,18)/t5?,6-,7+,8-,9-/m1/s1. The first-order chi connectivity index (χ1) is 8.22. The summed E-state index contributed by atoms with van der Waals surface area (Å²) in [5.41, 5.74) is -0.258. The molecule has 0 heterocycles. The fraction of sp³-hybridized carbons (Fsp3) is 0.700. The summed E-state index contributed by atoms with van der Waals surface area (Å²) in [5.74, 6) is -1.31. The van der Waals surface area contributed by atoms with Gasteiger partial charge in [0.15, 0.2) is 0 Å². The predicted molar refractivity (Wildman–Crippen MR) is 58.5 cm³/mol. The number of carbonyl (C=O) groups is 1. The van der Waals surface area contributed by atoms with E-state index in [2.05, 4.69) is 0 Å². The molecular formula is C10H18O8. The largest absolute Gasteiger partial charge is 0.478 e. The Morgan fingerprint density at radius 1 is 1.06 bits per heavy atom. The molecule has 0 bridgehead atoms. The van der Waals surface area contributed by atoms with Crippen LogP contribution in [0.15, 0.2) is 11.6 Å². The van der Waals surface area contributed by atoms with Crippen molar-refractivity contribution in [2.45, 2.75) is 37.4 Å². The molecule has 8 nitrogen and oxygen atoms in total. The van der Waals surface area contributed by atoms with Crippen LogP contribution >= 0.6 is 0 Å². The van der Waals surface area contributed by atoms with Crippen LogP contribution in [0.3, 0.4) is 0 Å². The van der Waals surface area contributed by atoms with Crippen LogP contribution in [0.1, 0.15) is 6.92 Å². The molecule has 0 aromatic rings. The molecular weight excluding hydrogens is 248 g/mol. The van der Waals surface area contributed by atoms with E-state index >= 15 is 0 Å². The van der Waals surface area contributed by atoms with Crippen molar-refractivity contribution in [3.05, 3.63) is 11.6 Å². The summed E-state index contributed by atoms with van der Waals surface area (Å²) in [6.07, 6.45) is -8.37. The number of carboxylic acids is 1. The van der Waals surface area contributed by atoms with Crippen molar-refractivity contribution in [2.24, 2.45) is 0 Å². The molecule has 1 unspecified atom stereocenters. The average molecular weight is 266 g/mol. The van der Waals surface area contributed by atoms with E-state index in [1.807, 2.05) is 0 Å². The van der Waals surface area contributed by atoms with E-state index in [9.17, 15) is 25.2 Å². The molecule has 106 valence electrons. The van der Waals surface area contributed by atoms with E-state index in [1.165, 1.54) is 6.92 Å². The first-order valence-electron chi connectivity index (χ1n) is 5.15. The Kier molecular flexibility index (Phi) is 6.99. The summed E-state index contributed by atoms with van der Waals surface area (Å²) < 4.78 is 0. The minimum atomic E-state index is -1.94. The second-order valence-corrected chi connectivity index (χ2v) is 3.87. The Balaban J connectivity index is 4.68.